The summed E-state index contributed by atoms with van der Waals surface area (Å²) >= 11 is 0. The zero-order valence-electron chi connectivity index (χ0n) is 9.68. The van der Waals surface area contributed by atoms with Crippen molar-refractivity contribution >= 4 is 11.9 Å². The van der Waals surface area contributed by atoms with Crippen LogP contribution < -0.4 is 10.6 Å². The number of hydrogen-bond donors (Lipinski definition) is 3. The topological polar surface area (TPSA) is 78.4 Å². The Morgan fingerprint density at radius 1 is 1.29 bits per heavy atom. The van der Waals surface area contributed by atoms with Crippen molar-refractivity contribution in [2.45, 2.75) is 38.5 Å². The van der Waals surface area contributed by atoms with Crippen LogP contribution in [0.25, 0.3) is 0 Å². The van der Waals surface area contributed by atoms with E-state index < -0.39 is 23.6 Å². The van der Waals surface area contributed by atoms with Gasteiger partial charge < -0.3 is 15.7 Å². The van der Waals surface area contributed by atoms with E-state index in [0.29, 0.717) is 6.92 Å². The highest BCUT2D eigenvalue weighted by atomic mass is 19.4. The van der Waals surface area contributed by atoms with Crippen LogP contribution in [0.4, 0.5) is 13.2 Å². The van der Waals surface area contributed by atoms with Crippen molar-refractivity contribution in [1.82, 2.24) is 10.6 Å². The summed E-state index contributed by atoms with van der Waals surface area (Å²) in [6.07, 6.45) is -5.06. The first kappa shape index (κ1) is 15.7. The molecule has 0 aliphatic carbocycles. The maximum Gasteiger partial charge on any atom is 0.422 e. The minimum Gasteiger partial charge on any atom is -0.479 e. The molecule has 0 aromatic heterocycles. The van der Waals surface area contributed by atoms with Crippen molar-refractivity contribution in [2.75, 3.05) is 6.54 Å². The van der Waals surface area contributed by atoms with Gasteiger partial charge >= 0.3 is 12.1 Å². The van der Waals surface area contributed by atoms with Gasteiger partial charge in [0.05, 0.1) is 6.54 Å². The van der Waals surface area contributed by atoms with Crippen LogP contribution in [0.15, 0.2) is 0 Å². The number of halogens is 3. The van der Waals surface area contributed by atoms with Crippen molar-refractivity contribution in [3.05, 3.63) is 0 Å². The number of carbonyl (C=O) groups is 2. The maximum atomic E-state index is 12.5. The van der Waals surface area contributed by atoms with Crippen LogP contribution in [-0.4, -0.2) is 41.3 Å². The summed E-state index contributed by atoms with van der Waals surface area (Å²) in [6.45, 7) is 3.43. The number of amides is 1. The summed E-state index contributed by atoms with van der Waals surface area (Å²) in [5, 5.41) is 12.6. The molecule has 0 spiro atoms. The third-order valence-electron chi connectivity index (χ3n) is 2.05. The lowest BCUT2D eigenvalue weighted by molar-refractivity contribution is -0.206. The Kier molecular flexibility index (Phi) is 4.94. The Bertz CT molecular complexity index is 304. The molecule has 0 aromatic rings. The number of rotatable bonds is 5. The molecule has 17 heavy (non-hydrogen) atoms. The van der Waals surface area contributed by atoms with Gasteiger partial charge in [-0.25, -0.2) is 4.79 Å². The van der Waals surface area contributed by atoms with Crippen LogP contribution in [-0.2, 0) is 9.59 Å². The second-order valence-corrected chi connectivity index (χ2v) is 4.01. The molecule has 0 saturated heterocycles. The van der Waals surface area contributed by atoms with Gasteiger partial charge in [-0.15, -0.1) is 0 Å². The van der Waals surface area contributed by atoms with Crippen molar-refractivity contribution in [3.8, 4) is 0 Å². The fraction of sp³-hybridized carbons (Fsp3) is 0.778. The fourth-order valence-electron chi connectivity index (χ4n) is 0.865. The first-order valence-electron chi connectivity index (χ1n) is 4.85. The fourth-order valence-corrected chi connectivity index (χ4v) is 0.865. The number of nitrogens with one attached hydrogen (secondary N) is 2. The molecule has 0 rings (SSSR count). The van der Waals surface area contributed by atoms with Gasteiger partial charge in [-0.05, 0) is 6.92 Å². The average molecular weight is 256 g/mol. The summed E-state index contributed by atoms with van der Waals surface area (Å²) in [7, 11) is 0. The van der Waals surface area contributed by atoms with Gasteiger partial charge in [0, 0.05) is 6.04 Å². The molecular formula is C9H15F3N2O3. The molecule has 1 unspecified atom stereocenters. The Balaban J connectivity index is 4.69. The van der Waals surface area contributed by atoms with Crippen LogP contribution in [0.1, 0.15) is 20.8 Å². The lowest BCUT2D eigenvalue weighted by Crippen LogP contribution is -2.63. The number of hydrogen-bond acceptors (Lipinski definition) is 3. The maximum absolute atomic E-state index is 12.5. The third kappa shape index (κ3) is 4.22. The zero-order valence-corrected chi connectivity index (χ0v) is 9.68. The Labute approximate surface area is 96.4 Å². The molecule has 0 saturated carbocycles. The van der Waals surface area contributed by atoms with Gasteiger partial charge in [-0.2, -0.15) is 13.2 Å². The third-order valence-corrected chi connectivity index (χ3v) is 2.05. The van der Waals surface area contributed by atoms with E-state index >= 15 is 0 Å². The van der Waals surface area contributed by atoms with E-state index in [2.05, 4.69) is 5.32 Å². The van der Waals surface area contributed by atoms with Gasteiger partial charge in [0.15, 0.2) is 0 Å². The van der Waals surface area contributed by atoms with E-state index in [4.69, 9.17) is 5.11 Å². The van der Waals surface area contributed by atoms with Gasteiger partial charge in [-0.1, -0.05) is 13.8 Å². The highest BCUT2D eigenvalue weighted by Crippen LogP contribution is 2.30. The van der Waals surface area contributed by atoms with Crippen LogP contribution in [0.3, 0.4) is 0 Å². The molecule has 1 amide bonds. The molecule has 3 N–H and O–H groups in total. The lowest BCUT2D eigenvalue weighted by atomic mass is 10.0. The second-order valence-electron chi connectivity index (χ2n) is 4.01. The summed E-state index contributed by atoms with van der Waals surface area (Å²) in [5.41, 5.74) is -3.28. The minimum absolute atomic E-state index is 0.0947. The number of alkyl halides is 3. The smallest absolute Gasteiger partial charge is 0.422 e. The van der Waals surface area contributed by atoms with E-state index in [-0.39, 0.29) is 12.6 Å². The molecule has 0 heterocycles. The van der Waals surface area contributed by atoms with E-state index in [1.165, 1.54) is 5.32 Å². The van der Waals surface area contributed by atoms with Gasteiger partial charge in [0.25, 0.3) is 0 Å². The van der Waals surface area contributed by atoms with Crippen molar-refractivity contribution in [3.63, 3.8) is 0 Å². The predicted octanol–water partition coefficient (Wildman–Crippen LogP) is 0.506. The largest absolute Gasteiger partial charge is 0.479 e. The molecule has 0 aliphatic rings. The highest BCUT2D eigenvalue weighted by Gasteiger charge is 2.58. The Morgan fingerprint density at radius 3 is 2.06 bits per heavy atom. The summed E-state index contributed by atoms with van der Waals surface area (Å²) in [4.78, 5) is 21.8. The summed E-state index contributed by atoms with van der Waals surface area (Å²) in [6, 6.07) is -0.0947. The SMILES string of the molecule is CC(C)NCC(=O)NC(C)(C(=O)O)C(F)(F)F. The highest BCUT2D eigenvalue weighted by molar-refractivity contribution is 5.88. The average Bonchev–Trinajstić information content (AvgIpc) is 2.12. The van der Waals surface area contributed by atoms with Crippen LogP contribution in [0.2, 0.25) is 0 Å². The normalized spacial score (nSPS) is 15.5. The Morgan fingerprint density at radius 2 is 1.76 bits per heavy atom. The first-order chi connectivity index (χ1) is 7.50. The predicted molar refractivity (Wildman–Crippen MR) is 53.4 cm³/mol. The van der Waals surface area contributed by atoms with E-state index in [1.54, 1.807) is 13.8 Å². The number of carboxylic acids is 1. The van der Waals surface area contributed by atoms with Crippen LogP contribution in [0, 0.1) is 0 Å². The standard InChI is InChI=1S/C9H15F3N2O3/c1-5(2)13-4-6(15)14-8(3,7(16)17)9(10,11)12/h5,13H,4H2,1-3H3,(H,14,15)(H,16,17). The summed E-state index contributed by atoms with van der Waals surface area (Å²) in [5.74, 6) is -3.18. The zero-order chi connectivity index (χ0) is 13.9. The molecule has 0 aliphatic heterocycles. The molecule has 100 valence electrons. The molecule has 0 aromatic carbocycles. The first-order valence-corrected chi connectivity index (χ1v) is 4.85. The molecule has 5 nitrogen and oxygen atoms in total. The number of carboxylic acid groups (broad SMARTS) is 1. The second kappa shape index (κ2) is 5.35. The van der Waals surface area contributed by atoms with Gasteiger partial charge in [-0.3, -0.25) is 4.79 Å². The monoisotopic (exact) mass is 256 g/mol. The molecular weight excluding hydrogens is 241 g/mol. The van der Waals surface area contributed by atoms with Gasteiger partial charge in [0.1, 0.15) is 0 Å². The minimum atomic E-state index is -5.06. The summed E-state index contributed by atoms with van der Waals surface area (Å²) < 4.78 is 37.5. The molecule has 0 fully saturated rings. The lowest BCUT2D eigenvalue weighted by Gasteiger charge is -2.28. The molecule has 1 atom stereocenters. The van der Waals surface area contributed by atoms with Crippen molar-refractivity contribution in [2.24, 2.45) is 0 Å². The van der Waals surface area contributed by atoms with Crippen LogP contribution in [0.5, 0.6) is 0 Å². The van der Waals surface area contributed by atoms with Crippen LogP contribution >= 0.6 is 0 Å². The molecule has 8 heteroatoms. The number of aliphatic carboxylic acids is 1. The van der Waals surface area contributed by atoms with E-state index in [9.17, 15) is 22.8 Å². The quantitative estimate of drug-likeness (QED) is 0.669. The molecule has 0 bridgehead atoms. The van der Waals surface area contributed by atoms with Crippen molar-refractivity contribution in [1.29, 1.82) is 0 Å². The van der Waals surface area contributed by atoms with Crippen molar-refractivity contribution < 1.29 is 27.9 Å². The van der Waals surface area contributed by atoms with E-state index in [0.717, 1.165) is 0 Å². The number of carbonyl (C=O) groups excluding carboxylic acids is 1. The molecule has 0 radical (unpaired) electrons. The van der Waals surface area contributed by atoms with Gasteiger partial charge in [0.2, 0.25) is 11.4 Å². The Hall–Kier alpha value is -1.31. The van der Waals surface area contributed by atoms with E-state index in [1.807, 2.05) is 0 Å².